The third-order valence-corrected chi connectivity index (χ3v) is 4.68. The van der Waals surface area contributed by atoms with Crippen LogP contribution in [0.1, 0.15) is 59.8 Å². The van der Waals surface area contributed by atoms with E-state index in [-0.39, 0.29) is 12.2 Å². The maximum absolute atomic E-state index is 12.0. The fraction of sp³-hybridized carbons (Fsp3) is 0.944. The van der Waals surface area contributed by atoms with E-state index in [0.717, 1.165) is 45.0 Å². The first kappa shape index (κ1) is 18.5. The van der Waals surface area contributed by atoms with Crippen LogP contribution in [-0.4, -0.2) is 55.0 Å². The molecule has 0 bridgehead atoms. The van der Waals surface area contributed by atoms with Crippen molar-refractivity contribution in [3.05, 3.63) is 0 Å². The van der Waals surface area contributed by atoms with Crippen LogP contribution in [0.25, 0.3) is 0 Å². The molecular formula is C18H34N2O3. The number of nitrogens with one attached hydrogen (secondary N) is 1. The summed E-state index contributed by atoms with van der Waals surface area (Å²) in [6.07, 6.45) is 5.83. The van der Waals surface area contributed by atoms with Gasteiger partial charge in [0.15, 0.2) is 0 Å². The van der Waals surface area contributed by atoms with E-state index < -0.39 is 5.60 Å². The lowest BCUT2D eigenvalue weighted by atomic mass is 10.1. The lowest BCUT2D eigenvalue weighted by Gasteiger charge is -2.33. The van der Waals surface area contributed by atoms with Gasteiger partial charge in [-0.05, 0) is 58.8 Å². The lowest BCUT2D eigenvalue weighted by Crippen LogP contribution is -2.43. The van der Waals surface area contributed by atoms with Crippen molar-refractivity contribution in [3.63, 3.8) is 0 Å². The van der Waals surface area contributed by atoms with Crippen molar-refractivity contribution >= 4 is 6.09 Å². The van der Waals surface area contributed by atoms with E-state index in [1.807, 2.05) is 20.8 Å². The van der Waals surface area contributed by atoms with Gasteiger partial charge >= 0.3 is 6.09 Å². The molecule has 0 aromatic rings. The fourth-order valence-electron chi connectivity index (χ4n) is 3.41. The molecule has 2 fully saturated rings. The van der Waals surface area contributed by atoms with E-state index in [1.54, 1.807) is 4.90 Å². The molecule has 2 rings (SSSR count). The van der Waals surface area contributed by atoms with E-state index in [9.17, 15) is 4.79 Å². The Morgan fingerprint density at radius 1 is 1.17 bits per heavy atom. The number of likely N-dealkylation sites (tertiary alicyclic amines) is 1. The summed E-state index contributed by atoms with van der Waals surface area (Å²) in [7, 11) is 0. The molecule has 1 amide bonds. The first-order valence-corrected chi connectivity index (χ1v) is 9.16. The number of piperidine rings is 1. The third-order valence-electron chi connectivity index (χ3n) is 4.68. The van der Waals surface area contributed by atoms with Crippen molar-refractivity contribution in [2.75, 3.05) is 26.2 Å². The summed E-state index contributed by atoms with van der Waals surface area (Å²) < 4.78 is 11.4. The normalized spacial score (nSPS) is 26.5. The Hall–Kier alpha value is -0.810. The Balaban J connectivity index is 1.55. The molecule has 5 heteroatoms. The van der Waals surface area contributed by atoms with Crippen molar-refractivity contribution in [1.29, 1.82) is 0 Å². The molecule has 0 spiro atoms. The monoisotopic (exact) mass is 326 g/mol. The maximum atomic E-state index is 12.0. The minimum atomic E-state index is -0.423. The smallest absolute Gasteiger partial charge is 0.410 e. The molecule has 134 valence electrons. The highest BCUT2D eigenvalue weighted by Crippen LogP contribution is 2.24. The highest BCUT2D eigenvalue weighted by Gasteiger charge is 2.27. The molecule has 0 aromatic heterocycles. The van der Waals surface area contributed by atoms with Gasteiger partial charge in [-0.1, -0.05) is 6.92 Å². The van der Waals surface area contributed by atoms with Gasteiger partial charge in [0.2, 0.25) is 0 Å². The lowest BCUT2D eigenvalue weighted by molar-refractivity contribution is -0.0107. The second-order valence-electron chi connectivity index (χ2n) is 8.11. The minimum absolute atomic E-state index is 0.201. The molecule has 5 nitrogen and oxygen atoms in total. The van der Waals surface area contributed by atoms with E-state index in [4.69, 9.17) is 9.47 Å². The maximum Gasteiger partial charge on any atom is 0.410 e. The summed E-state index contributed by atoms with van der Waals surface area (Å²) in [6, 6.07) is 0.683. The summed E-state index contributed by atoms with van der Waals surface area (Å²) in [5, 5.41) is 3.59. The molecule has 1 N–H and O–H groups in total. The van der Waals surface area contributed by atoms with Crippen molar-refractivity contribution < 1.29 is 14.3 Å². The molecule has 2 unspecified atom stereocenters. The summed E-state index contributed by atoms with van der Waals surface area (Å²) in [6.45, 7) is 11.2. The first-order chi connectivity index (χ1) is 10.8. The van der Waals surface area contributed by atoms with Gasteiger partial charge in [-0.3, -0.25) is 0 Å². The van der Waals surface area contributed by atoms with Gasteiger partial charge in [-0.15, -0.1) is 0 Å². The standard InChI is InChI=1S/C18H34N2O3/c1-14-5-6-15(13-14)19-9-12-22-16-7-10-20(11-8-16)17(21)23-18(2,3)4/h14-16,19H,5-13H2,1-4H3. The van der Waals surface area contributed by atoms with Crippen LogP contribution in [0.4, 0.5) is 4.79 Å². The van der Waals surface area contributed by atoms with Crippen LogP contribution in [0.3, 0.4) is 0 Å². The average Bonchev–Trinajstić information content (AvgIpc) is 2.88. The van der Waals surface area contributed by atoms with Gasteiger partial charge in [0.25, 0.3) is 0 Å². The van der Waals surface area contributed by atoms with Crippen LogP contribution in [0.5, 0.6) is 0 Å². The molecule has 23 heavy (non-hydrogen) atoms. The van der Waals surface area contributed by atoms with Gasteiger partial charge in [0, 0.05) is 25.7 Å². The topological polar surface area (TPSA) is 50.8 Å². The van der Waals surface area contributed by atoms with Crippen LogP contribution in [0, 0.1) is 5.92 Å². The average molecular weight is 326 g/mol. The Morgan fingerprint density at radius 2 is 1.87 bits per heavy atom. The highest BCUT2D eigenvalue weighted by atomic mass is 16.6. The third kappa shape index (κ3) is 6.68. The molecule has 2 atom stereocenters. The first-order valence-electron chi connectivity index (χ1n) is 9.16. The summed E-state index contributed by atoms with van der Waals surface area (Å²) in [5.41, 5.74) is -0.423. The Bertz CT molecular complexity index is 373. The Labute approximate surface area is 141 Å². The molecule has 0 radical (unpaired) electrons. The van der Waals surface area contributed by atoms with Crippen LogP contribution >= 0.6 is 0 Å². The van der Waals surface area contributed by atoms with Crippen molar-refractivity contribution in [3.8, 4) is 0 Å². The van der Waals surface area contributed by atoms with E-state index >= 15 is 0 Å². The fourth-order valence-corrected chi connectivity index (χ4v) is 3.41. The van der Waals surface area contributed by atoms with Crippen molar-refractivity contribution in [2.45, 2.75) is 77.5 Å². The van der Waals surface area contributed by atoms with Gasteiger partial charge in [-0.2, -0.15) is 0 Å². The van der Waals surface area contributed by atoms with Gasteiger partial charge in [0.1, 0.15) is 5.60 Å². The molecule has 2 aliphatic rings. The predicted molar refractivity (Wildman–Crippen MR) is 91.6 cm³/mol. The number of nitrogens with zero attached hydrogens (tertiary/aromatic N) is 1. The molecular weight excluding hydrogens is 292 g/mol. The second-order valence-corrected chi connectivity index (χ2v) is 8.11. The Kier molecular flexibility index (Phi) is 6.72. The minimum Gasteiger partial charge on any atom is -0.444 e. The molecule has 0 aromatic carbocycles. The zero-order chi connectivity index (χ0) is 16.9. The van der Waals surface area contributed by atoms with Gasteiger partial charge in [-0.25, -0.2) is 4.79 Å². The number of carbonyl (C=O) groups is 1. The highest BCUT2D eigenvalue weighted by molar-refractivity contribution is 5.68. The SMILES string of the molecule is CC1CCC(NCCOC2CCN(C(=O)OC(C)(C)C)CC2)C1. The molecule has 1 aliphatic heterocycles. The molecule has 1 saturated heterocycles. The van der Waals surface area contributed by atoms with Gasteiger partial charge in [0.05, 0.1) is 12.7 Å². The number of amides is 1. The van der Waals surface area contributed by atoms with Gasteiger partial charge < -0.3 is 19.7 Å². The summed E-state index contributed by atoms with van der Waals surface area (Å²) in [4.78, 5) is 13.8. The number of hydrogen-bond donors (Lipinski definition) is 1. The van der Waals surface area contributed by atoms with Crippen LogP contribution < -0.4 is 5.32 Å². The molecule has 1 aliphatic carbocycles. The van der Waals surface area contributed by atoms with E-state index in [1.165, 1.54) is 19.3 Å². The van der Waals surface area contributed by atoms with Crippen LogP contribution in [0.2, 0.25) is 0 Å². The molecule has 1 saturated carbocycles. The summed E-state index contributed by atoms with van der Waals surface area (Å²) >= 11 is 0. The number of hydrogen-bond acceptors (Lipinski definition) is 4. The van der Waals surface area contributed by atoms with Crippen molar-refractivity contribution in [2.24, 2.45) is 5.92 Å². The largest absolute Gasteiger partial charge is 0.444 e. The quantitative estimate of drug-likeness (QED) is 0.788. The second kappa shape index (κ2) is 8.34. The molecule has 1 heterocycles. The van der Waals surface area contributed by atoms with Crippen molar-refractivity contribution in [1.82, 2.24) is 10.2 Å². The predicted octanol–water partition coefficient (Wildman–Crippen LogP) is 3.18. The number of carbonyl (C=O) groups excluding carboxylic acids is 1. The number of ether oxygens (including phenoxy) is 2. The van der Waals surface area contributed by atoms with Crippen LogP contribution in [0.15, 0.2) is 0 Å². The zero-order valence-electron chi connectivity index (χ0n) is 15.3. The summed E-state index contributed by atoms with van der Waals surface area (Å²) in [5.74, 6) is 0.866. The van der Waals surface area contributed by atoms with E-state index in [0.29, 0.717) is 6.04 Å². The van der Waals surface area contributed by atoms with Crippen LogP contribution in [-0.2, 0) is 9.47 Å². The zero-order valence-corrected chi connectivity index (χ0v) is 15.3. The number of rotatable bonds is 5. The Morgan fingerprint density at radius 3 is 2.43 bits per heavy atom. The van der Waals surface area contributed by atoms with E-state index in [2.05, 4.69) is 12.2 Å².